The molecule has 0 spiro atoms. The number of rotatable bonds is 5. The van der Waals surface area contributed by atoms with Crippen molar-refractivity contribution in [3.8, 4) is 11.1 Å². The van der Waals surface area contributed by atoms with Gasteiger partial charge in [0.25, 0.3) is 10.0 Å². The zero-order valence-corrected chi connectivity index (χ0v) is 15.5. The number of nitrogens with one attached hydrogen (secondary N) is 1. The molecule has 1 aliphatic heterocycles. The van der Waals surface area contributed by atoms with Crippen molar-refractivity contribution >= 4 is 16.0 Å². The van der Waals surface area contributed by atoms with Gasteiger partial charge >= 0.3 is 5.97 Å². The number of nitrogens with zero attached hydrogens (tertiary/aromatic N) is 2. The number of hydrogen-bond donors (Lipinski definition) is 2. The molecule has 1 heterocycles. The van der Waals surface area contributed by atoms with Crippen LogP contribution < -0.4 is 4.83 Å². The lowest BCUT2D eigenvalue weighted by Crippen LogP contribution is -2.52. The van der Waals surface area contributed by atoms with Crippen LogP contribution >= 0.6 is 0 Å². The van der Waals surface area contributed by atoms with Crippen LogP contribution in [0.1, 0.15) is 10.4 Å². The molecule has 0 radical (unpaired) electrons. The molecule has 0 aromatic heterocycles. The molecule has 1 fully saturated rings. The van der Waals surface area contributed by atoms with Crippen molar-refractivity contribution in [1.29, 1.82) is 0 Å². The molecule has 7 nitrogen and oxygen atoms in total. The van der Waals surface area contributed by atoms with Gasteiger partial charge in [-0.2, -0.15) is 0 Å². The summed E-state index contributed by atoms with van der Waals surface area (Å²) < 4.78 is 39.1. The molecule has 0 amide bonds. The third-order valence-corrected chi connectivity index (χ3v) is 5.83. The van der Waals surface area contributed by atoms with Crippen LogP contribution in [0.5, 0.6) is 0 Å². The highest BCUT2D eigenvalue weighted by atomic mass is 32.2. The summed E-state index contributed by atoms with van der Waals surface area (Å²) in [6.07, 6.45) is 0. The van der Waals surface area contributed by atoms with Gasteiger partial charge in [0.05, 0.1) is 10.5 Å². The van der Waals surface area contributed by atoms with Crippen LogP contribution in [0, 0.1) is 5.82 Å². The summed E-state index contributed by atoms with van der Waals surface area (Å²) in [5, 5.41) is 10.7. The third kappa shape index (κ3) is 4.51. The highest BCUT2D eigenvalue weighted by molar-refractivity contribution is 7.89. The van der Waals surface area contributed by atoms with Crippen LogP contribution in [0.15, 0.2) is 47.4 Å². The van der Waals surface area contributed by atoms with Gasteiger partial charge in [0, 0.05) is 31.7 Å². The average molecular weight is 393 g/mol. The normalized spacial score (nSPS) is 16.4. The van der Waals surface area contributed by atoms with E-state index < -0.39 is 21.8 Å². The maximum Gasteiger partial charge on any atom is 0.335 e. The number of hydrogen-bond acceptors (Lipinski definition) is 5. The Morgan fingerprint density at radius 1 is 1.07 bits per heavy atom. The van der Waals surface area contributed by atoms with E-state index in [1.165, 1.54) is 36.4 Å². The Labute approximate surface area is 157 Å². The standard InChI is InChI=1S/C18H20FN3O4S/c1-21-8-10-22(11-9-21)20-27(25,26)15-5-2-13(3-6-15)16-12-14(18(23)24)4-7-17(16)19/h2-7,12,20H,8-11H2,1H3,(H,23,24). The lowest BCUT2D eigenvalue weighted by atomic mass is 10.0. The molecule has 2 aromatic carbocycles. The van der Waals surface area contributed by atoms with E-state index in [0.29, 0.717) is 18.7 Å². The van der Waals surface area contributed by atoms with Crippen LogP contribution in [0.4, 0.5) is 4.39 Å². The Morgan fingerprint density at radius 3 is 2.30 bits per heavy atom. The van der Waals surface area contributed by atoms with Crippen molar-refractivity contribution in [2.75, 3.05) is 33.2 Å². The molecule has 0 unspecified atom stereocenters. The summed E-state index contributed by atoms with van der Waals surface area (Å²) in [6.45, 7) is 2.70. The molecule has 3 rings (SSSR count). The molecule has 9 heteroatoms. The minimum Gasteiger partial charge on any atom is -0.478 e. The van der Waals surface area contributed by atoms with Gasteiger partial charge in [0.15, 0.2) is 0 Å². The van der Waals surface area contributed by atoms with Gasteiger partial charge in [-0.1, -0.05) is 12.1 Å². The number of piperazine rings is 1. The van der Waals surface area contributed by atoms with Crippen molar-refractivity contribution in [1.82, 2.24) is 14.7 Å². The average Bonchev–Trinajstić information content (AvgIpc) is 2.64. The number of sulfonamides is 1. The predicted octanol–water partition coefficient (Wildman–Crippen LogP) is 1.63. The molecule has 2 aromatic rings. The Hall–Kier alpha value is -2.33. The molecule has 1 saturated heterocycles. The first-order valence-electron chi connectivity index (χ1n) is 8.35. The molecular formula is C18H20FN3O4S. The van der Waals surface area contributed by atoms with E-state index in [0.717, 1.165) is 19.2 Å². The summed E-state index contributed by atoms with van der Waals surface area (Å²) in [5.74, 6) is -1.74. The van der Waals surface area contributed by atoms with E-state index in [4.69, 9.17) is 5.11 Å². The van der Waals surface area contributed by atoms with E-state index in [1.807, 2.05) is 7.05 Å². The highest BCUT2D eigenvalue weighted by Gasteiger charge is 2.21. The fourth-order valence-corrected chi connectivity index (χ4v) is 3.94. The van der Waals surface area contributed by atoms with Gasteiger partial charge < -0.3 is 10.0 Å². The van der Waals surface area contributed by atoms with Gasteiger partial charge in [0.1, 0.15) is 5.82 Å². The Balaban J connectivity index is 1.81. The zero-order chi connectivity index (χ0) is 19.6. The topological polar surface area (TPSA) is 90.0 Å². The van der Waals surface area contributed by atoms with Crippen molar-refractivity contribution in [2.45, 2.75) is 4.90 Å². The van der Waals surface area contributed by atoms with Crippen molar-refractivity contribution in [3.63, 3.8) is 0 Å². The summed E-state index contributed by atoms with van der Waals surface area (Å²) in [4.78, 5) is 15.8. The second-order valence-corrected chi connectivity index (χ2v) is 8.07. The maximum absolute atomic E-state index is 14.1. The summed E-state index contributed by atoms with van der Waals surface area (Å²) >= 11 is 0. The van der Waals surface area contributed by atoms with E-state index in [2.05, 4.69) is 9.73 Å². The fourth-order valence-electron chi connectivity index (χ4n) is 2.81. The van der Waals surface area contributed by atoms with Gasteiger partial charge in [-0.25, -0.2) is 22.6 Å². The molecule has 2 N–H and O–H groups in total. The lowest BCUT2D eigenvalue weighted by Gasteiger charge is -2.32. The van der Waals surface area contributed by atoms with Crippen LogP contribution in [-0.4, -0.2) is 62.6 Å². The SMILES string of the molecule is CN1CCN(NS(=O)(=O)c2ccc(-c3cc(C(=O)O)ccc3F)cc2)CC1. The van der Waals surface area contributed by atoms with Crippen molar-refractivity contribution in [2.24, 2.45) is 0 Å². The minimum absolute atomic E-state index is 0.0418. The van der Waals surface area contributed by atoms with Gasteiger partial charge in [-0.05, 0) is 42.9 Å². The van der Waals surface area contributed by atoms with Crippen LogP contribution in [0.2, 0.25) is 0 Å². The Kier molecular flexibility index (Phi) is 5.56. The predicted molar refractivity (Wildman–Crippen MR) is 98.2 cm³/mol. The van der Waals surface area contributed by atoms with Gasteiger partial charge in [-0.3, -0.25) is 0 Å². The molecule has 27 heavy (non-hydrogen) atoms. The van der Waals surface area contributed by atoms with E-state index in [9.17, 15) is 17.6 Å². The van der Waals surface area contributed by atoms with Crippen LogP contribution in [-0.2, 0) is 10.0 Å². The van der Waals surface area contributed by atoms with Crippen LogP contribution in [0.3, 0.4) is 0 Å². The molecule has 144 valence electrons. The monoisotopic (exact) mass is 393 g/mol. The van der Waals surface area contributed by atoms with Crippen molar-refractivity contribution < 1.29 is 22.7 Å². The van der Waals surface area contributed by atoms with Crippen LogP contribution in [0.25, 0.3) is 11.1 Å². The third-order valence-electron chi connectivity index (χ3n) is 4.44. The number of carboxylic acids is 1. The first kappa shape index (κ1) is 19.4. The number of benzene rings is 2. The second kappa shape index (κ2) is 7.73. The Bertz CT molecular complexity index is 940. The van der Waals surface area contributed by atoms with E-state index in [1.54, 1.807) is 5.01 Å². The quantitative estimate of drug-likeness (QED) is 0.803. The number of likely N-dealkylation sites (N-methyl/N-ethyl adjacent to an activating group) is 1. The summed E-state index contributed by atoms with van der Waals surface area (Å²) in [5.41, 5.74) is 0.458. The molecule has 0 aliphatic carbocycles. The fraction of sp³-hybridized carbons (Fsp3) is 0.278. The number of hydrazine groups is 1. The number of carboxylic acid groups (broad SMARTS) is 1. The number of carbonyl (C=O) groups is 1. The minimum atomic E-state index is -3.74. The molecule has 0 atom stereocenters. The van der Waals surface area contributed by atoms with Crippen molar-refractivity contribution in [3.05, 3.63) is 53.8 Å². The molecular weight excluding hydrogens is 373 g/mol. The molecule has 1 aliphatic rings. The van der Waals surface area contributed by atoms with Gasteiger partial charge in [-0.15, -0.1) is 4.83 Å². The molecule has 0 bridgehead atoms. The first-order chi connectivity index (χ1) is 12.8. The van der Waals surface area contributed by atoms with E-state index in [-0.39, 0.29) is 16.0 Å². The largest absolute Gasteiger partial charge is 0.478 e. The van der Waals surface area contributed by atoms with E-state index >= 15 is 0 Å². The number of aromatic carboxylic acids is 1. The summed E-state index contributed by atoms with van der Waals surface area (Å²) in [6, 6.07) is 9.16. The highest BCUT2D eigenvalue weighted by Crippen LogP contribution is 2.25. The van der Waals surface area contributed by atoms with Gasteiger partial charge in [0.2, 0.25) is 0 Å². The molecule has 0 saturated carbocycles. The number of halogens is 1. The zero-order valence-electron chi connectivity index (χ0n) is 14.7. The summed E-state index contributed by atoms with van der Waals surface area (Å²) in [7, 11) is -1.76. The Morgan fingerprint density at radius 2 is 1.70 bits per heavy atom. The maximum atomic E-state index is 14.1. The lowest BCUT2D eigenvalue weighted by molar-refractivity contribution is 0.0697. The second-order valence-electron chi connectivity index (χ2n) is 6.41. The first-order valence-corrected chi connectivity index (χ1v) is 9.84. The smallest absolute Gasteiger partial charge is 0.335 e.